The van der Waals surface area contributed by atoms with Crippen LogP contribution in [0.25, 0.3) is 0 Å². The second-order valence-corrected chi connectivity index (χ2v) is 8.14. The molecule has 1 unspecified atom stereocenters. The molecule has 1 heterocycles. The molecule has 0 bridgehead atoms. The summed E-state index contributed by atoms with van der Waals surface area (Å²) in [7, 11) is 1.83. The molecule has 3 rings (SSSR count). The lowest BCUT2D eigenvalue weighted by molar-refractivity contribution is 0.0796. The van der Waals surface area contributed by atoms with Crippen molar-refractivity contribution in [2.75, 3.05) is 20.1 Å². The number of amides is 1. The van der Waals surface area contributed by atoms with Crippen LogP contribution in [0, 0.1) is 0 Å². The van der Waals surface area contributed by atoms with E-state index in [0.717, 1.165) is 30.5 Å². The number of carbonyl (C=O) groups is 1. The average Bonchev–Trinajstić information content (AvgIpc) is 2.86. The van der Waals surface area contributed by atoms with Gasteiger partial charge >= 0.3 is 0 Å². The summed E-state index contributed by atoms with van der Waals surface area (Å²) < 4.78 is 0. The van der Waals surface area contributed by atoms with Gasteiger partial charge in [0.2, 0.25) is 0 Å². The van der Waals surface area contributed by atoms with Crippen molar-refractivity contribution in [2.24, 2.45) is 0 Å². The zero-order valence-corrected chi connectivity index (χ0v) is 18.9. The number of nitrogens with zero attached hydrogens (tertiary/aromatic N) is 2. The van der Waals surface area contributed by atoms with Crippen LogP contribution in [-0.2, 0) is 12.8 Å². The second kappa shape index (κ2) is 12.1. The van der Waals surface area contributed by atoms with E-state index < -0.39 is 6.10 Å². The van der Waals surface area contributed by atoms with Crippen LogP contribution < -0.4 is 5.32 Å². The highest BCUT2D eigenvalue weighted by Crippen LogP contribution is 2.14. The van der Waals surface area contributed by atoms with Gasteiger partial charge in [-0.3, -0.25) is 9.78 Å². The fraction of sp³-hybridized carbons (Fsp3) is 0.333. The number of aliphatic hydroxyl groups is 1. The number of nitrogens with one attached hydrogen (secondary N) is 1. The minimum Gasteiger partial charge on any atom is -0.387 e. The Balaban J connectivity index is 1.49. The third kappa shape index (κ3) is 7.01. The van der Waals surface area contributed by atoms with Crippen LogP contribution in [-0.4, -0.2) is 47.1 Å². The fourth-order valence-corrected chi connectivity index (χ4v) is 3.65. The first-order chi connectivity index (χ1) is 15.6. The summed E-state index contributed by atoms with van der Waals surface area (Å²) >= 11 is 0. The zero-order valence-electron chi connectivity index (χ0n) is 18.9. The highest BCUT2D eigenvalue weighted by atomic mass is 16.3. The standard InChI is InChI=1S/C27H33N3O2/c1-3-24(29-20-26(31)22-9-5-4-6-10-22)19-21-12-14-23(15-13-21)27(32)30(2)18-16-25-11-7-8-17-28-25/h4-15,17,24,26,29,31H,3,16,18-20H2,1-2H3/t24-,26?/m0/s1. The van der Waals surface area contributed by atoms with Gasteiger partial charge in [0.25, 0.3) is 5.91 Å². The first-order valence-corrected chi connectivity index (χ1v) is 11.3. The molecule has 0 saturated carbocycles. The molecule has 2 aromatic carbocycles. The summed E-state index contributed by atoms with van der Waals surface area (Å²) in [5.74, 6) is 0.0173. The molecule has 0 aliphatic rings. The van der Waals surface area contributed by atoms with Crippen molar-refractivity contribution >= 4 is 5.91 Å². The molecular weight excluding hydrogens is 398 g/mol. The van der Waals surface area contributed by atoms with Gasteiger partial charge in [-0.1, -0.05) is 55.5 Å². The van der Waals surface area contributed by atoms with Gasteiger partial charge in [0.05, 0.1) is 6.10 Å². The first kappa shape index (κ1) is 23.6. The molecule has 5 nitrogen and oxygen atoms in total. The van der Waals surface area contributed by atoms with Gasteiger partial charge in [0.15, 0.2) is 0 Å². The molecule has 0 spiro atoms. The van der Waals surface area contributed by atoms with Gasteiger partial charge in [-0.15, -0.1) is 0 Å². The number of pyridine rings is 1. The third-order valence-corrected chi connectivity index (χ3v) is 5.74. The predicted molar refractivity (Wildman–Crippen MR) is 129 cm³/mol. The smallest absolute Gasteiger partial charge is 0.253 e. The Labute approximate surface area is 191 Å². The van der Waals surface area contributed by atoms with E-state index >= 15 is 0 Å². The molecule has 1 amide bonds. The van der Waals surface area contributed by atoms with E-state index in [1.54, 1.807) is 11.1 Å². The molecule has 5 heteroatoms. The van der Waals surface area contributed by atoms with E-state index in [9.17, 15) is 9.90 Å². The second-order valence-electron chi connectivity index (χ2n) is 8.14. The number of benzene rings is 2. The number of carbonyl (C=O) groups excluding carboxylic acids is 1. The summed E-state index contributed by atoms with van der Waals surface area (Å²) in [6.45, 7) is 3.28. The summed E-state index contributed by atoms with van der Waals surface area (Å²) in [4.78, 5) is 18.8. The number of hydrogen-bond acceptors (Lipinski definition) is 4. The molecule has 0 saturated heterocycles. The van der Waals surface area contributed by atoms with Gasteiger partial charge in [0.1, 0.15) is 0 Å². The van der Waals surface area contributed by atoms with E-state index in [4.69, 9.17) is 0 Å². The lowest BCUT2D eigenvalue weighted by Gasteiger charge is -2.20. The summed E-state index contributed by atoms with van der Waals surface area (Å²) in [6.07, 6.45) is 3.80. The van der Waals surface area contributed by atoms with Gasteiger partial charge in [-0.25, -0.2) is 0 Å². The van der Waals surface area contributed by atoms with Crippen molar-refractivity contribution in [1.29, 1.82) is 0 Å². The van der Waals surface area contributed by atoms with Crippen LogP contribution in [0.15, 0.2) is 79.0 Å². The minimum atomic E-state index is -0.521. The average molecular weight is 432 g/mol. The molecule has 32 heavy (non-hydrogen) atoms. The molecule has 2 atom stereocenters. The van der Waals surface area contributed by atoms with Gasteiger partial charge in [-0.2, -0.15) is 0 Å². The van der Waals surface area contributed by atoms with Crippen LogP contribution in [0.1, 0.15) is 46.6 Å². The lowest BCUT2D eigenvalue weighted by Crippen LogP contribution is -2.34. The number of rotatable bonds is 11. The van der Waals surface area contributed by atoms with Gasteiger partial charge < -0.3 is 15.3 Å². The first-order valence-electron chi connectivity index (χ1n) is 11.3. The molecule has 0 aliphatic heterocycles. The number of hydrogen-bond donors (Lipinski definition) is 2. The molecule has 0 fully saturated rings. The van der Waals surface area contributed by atoms with Crippen LogP contribution >= 0.6 is 0 Å². The number of aliphatic hydroxyl groups excluding tert-OH is 1. The van der Waals surface area contributed by atoms with Crippen LogP contribution in [0.2, 0.25) is 0 Å². The van der Waals surface area contributed by atoms with Gasteiger partial charge in [-0.05, 0) is 48.2 Å². The summed E-state index contributed by atoms with van der Waals surface area (Å²) in [5, 5.41) is 13.9. The van der Waals surface area contributed by atoms with E-state index in [1.807, 2.05) is 79.8 Å². The molecular formula is C27H33N3O2. The molecule has 168 valence electrons. The van der Waals surface area contributed by atoms with E-state index in [0.29, 0.717) is 18.7 Å². The Morgan fingerprint density at radius 1 is 1.03 bits per heavy atom. The summed E-state index contributed by atoms with van der Waals surface area (Å²) in [5.41, 5.74) is 3.77. The largest absolute Gasteiger partial charge is 0.387 e. The maximum Gasteiger partial charge on any atom is 0.253 e. The topological polar surface area (TPSA) is 65.5 Å². The fourth-order valence-electron chi connectivity index (χ4n) is 3.65. The zero-order chi connectivity index (χ0) is 22.8. The van der Waals surface area contributed by atoms with Crippen LogP contribution in [0.5, 0.6) is 0 Å². The minimum absolute atomic E-state index is 0.0173. The van der Waals surface area contributed by atoms with Crippen LogP contribution in [0.4, 0.5) is 0 Å². The highest BCUT2D eigenvalue weighted by molar-refractivity contribution is 5.94. The van der Waals surface area contributed by atoms with Crippen molar-refractivity contribution in [2.45, 2.75) is 38.3 Å². The SMILES string of the molecule is CC[C@@H](Cc1ccc(C(=O)N(C)CCc2ccccn2)cc1)NCC(O)c1ccccc1. The van der Waals surface area contributed by atoms with Crippen molar-refractivity contribution in [3.05, 3.63) is 101 Å². The normalized spacial score (nSPS) is 12.8. The van der Waals surface area contributed by atoms with Crippen LogP contribution in [0.3, 0.4) is 0 Å². The Kier molecular flexibility index (Phi) is 8.96. The highest BCUT2D eigenvalue weighted by Gasteiger charge is 2.14. The maximum atomic E-state index is 12.7. The van der Waals surface area contributed by atoms with Crippen molar-refractivity contribution in [3.8, 4) is 0 Å². The van der Waals surface area contributed by atoms with Crippen molar-refractivity contribution < 1.29 is 9.90 Å². The molecule has 0 aliphatic carbocycles. The van der Waals surface area contributed by atoms with E-state index in [2.05, 4.69) is 17.2 Å². The maximum absolute atomic E-state index is 12.7. The Hall–Kier alpha value is -3.02. The van der Waals surface area contributed by atoms with Crippen molar-refractivity contribution in [3.63, 3.8) is 0 Å². The predicted octanol–water partition coefficient (Wildman–Crippen LogP) is 4.04. The van der Waals surface area contributed by atoms with Gasteiger partial charge in [0, 0.05) is 50.1 Å². The number of likely N-dealkylation sites (N-methyl/N-ethyl adjacent to an activating group) is 1. The summed E-state index contributed by atoms with van der Waals surface area (Å²) in [6, 6.07) is 23.7. The van der Waals surface area contributed by atoms with Crippen molar-refractivity contribution in [1.82, 2.24) is 15.2 Å². The van der Waals surface area contributed by atoms with E-state index in [1.165, 1.54) is 5.56 Å². The molecule has 3 aromatic rings. The Morgan fingerprint density at radius 2 is 1.75 bits per heavy atom. The Bertz CT molecular complexity index is 946. The monoisotopic (exact) mass is 431 g/mol. The van der Waals surface area contributed by atoms with E-state index in [-0.39, 0.29) is 11.9 Å². The Morgan fingerprint density at radius 3 is 2.41 bits per heavy atom. The molecule has 0 radical (unpaired) electrons. The lowest BCUT2D eigenvalue weighted by atomic mass is 10.0. The molecule has 1 aromatic heterocycles. The quantitative estimate of drug-likeness (QED) is 0.481. The number of aromatic nitrogens is 1. The third-order valence-electron chi connectivity index (χ3n) is 5.74. The molecule has 2 N–H and O–H groups in total.